The van der Waals surface area contributed by atoms with Crippen molar-refractivity contribution in [1.29, 1.82) is 0 Å². The average molecular weight is 334 g/mol. The quantitative estimate of drug-likeness (QED) is 0.672. The number of esters is 1. The van der Waals surface area contributed by atoms with Gasteiger partial charge in [-0.3, -0.25) is 0 Å². The standard InChI is InChI=1S/C17H16ClNO4/c1-12-9-14(18)7-8-15(12)23-16(20)10-19-17(21)22-11-13-5-3-2-4-6-13/h2-9H,10-11H2,1H3,(H,19,21). The van der Waals surface area contributed by atoms with Crippen LogP contribution >= 0.6 is 11.6 Å². The Morgan fingerprint density at radius 2 is 1.87 bits per heavy atom. The monoisotopic (exact) mass is 333 g/mol. The lowest BCUT2D eigenvalue weighted by atomic mass is 10.2. The molecule has 23 heavy (non-hydrogen) atoms. The Bertz CT molecular complexity index is 688. The molecule has 0 fully saturated rings. The first kappa shape index (κ1) is 16.8. The van der Waals surface area contributed by atoms with Crippen LogP contribution in [0.15, 0.2) is 48.5 Å². The number of carbonyl (C=O) groups excluding carboxylic acids is 2. The molecule has 0 saturated heterocycles. The first-order valence-corrected chi connectivity index (χ1v) is 7.34. The van der Waals surface area contributed by atoms with Gasteiger partial charge in [-0.2, -0.15) is 0 Å². The maximum atomic E-state index is 11.7. The topological polar surface area (TPSA) is 64.6 Å². The van der Waals surface area contributed by atoms with Crippen molar-refractivity contribution < 1.29 is 19.1 Å². The Labute approximate surface area is 139 Å². The van der Waals surface area contributed by atoms with Crippen LogP contribution in [0.25, 0.3) is 0 Å². The van der Waals surface area contributed by atoms with Gasteiger partial charge in [-0.15, -0.1) is 0 Å². The summed E-state index contributed by atoms with van der Waals surface area (Å²) in [6.45, 7) is 1.63. The van der Waals surface area contributed by atoms with Crippen molar-refractivity contribution in [1.82, 2.24) is 5.32 Å². The number of hydrogen-bond acceptors (Lipinski definition) is 4. The summed E-state index contributed by atoms with van der Waals surface area (Å²) in [4.78, 5) is 23.2. The Kier molecular flexibility index (Phi) is 6.00. The minimum absolute atomic E-state index is 0.137. The molecule has 0 bridgehead atoms. The maximum Gasteiger partial charge on any atom is 0.407 e. The van der Waals surface area contributed by atoms with Gasteiger partial charge in [-0.1, -0.05) is 41.9 Å². The van der Waals surface area contributed by atoms with Crippen LogP contribution in [0.2, 0.25) is 5.02 Å². The number of hydrogen-bond donors (Lipinski definition) is 1. The van der Waals surface area contributed by atoms with Crippen molar-refractivity contribution in [2.75, 3.05) is 6.54 Å². The smallest absolute Gasteiger partial charge is 0.407 e. The predicted octanol–water partition coefficient (Wildman–Crippen LogP) is 3.48. The van der Waals surface area contributed by atoms with Crippen LogP contribution in [-0.4, -0.2) is 18.6 Å². The number of nitrogens with one attached hydrogen (secondary N) is 1. The third-order valence-electron chi connectivity index (χ3n) is 2.95. The fourth-order valence-electron chi connectivity index (χ4n) is 1.80. The third kappa shape index (κ3) is 5.64. The van der Waals surface area contributed by atoms with E-state index in [2.05, 4.69) is 5.32 Å². The molecule has 2 aromatic rings. The van der Waals surface area contributed by atoms with Gasteiger partial charge in [0.25, 0.3) is 0 Å². The fourth-order valence-corrected chi connectivity index (χ4v) is 2.03. The zero-order chi connectivity index (χ0) is 16.7. The second-order valence-electron chi connectivity index (χ2n) is 4.80. The minimum Gasteiger partial charge on any atom is -0.445 e. The van der Waals surface area contributed by atoms with Gasteiger partial charge in [0.1, 0.15) is 18.9 Å². The normalized spacial score (nSPS) is 10.0. The first-order chi connectivity index (χ1) is 11.0. The minimum atomic E-state index is -0.682. The van der Waals surface area contributed by atoms with Gasteiger partial charge in [0.15, 0.2) is 0 Å². The van der Waals surface area contributed by atoms with Crippen molar-refractivity contribution in [3.63, 3.8) is 0 Å². The molecule has 0 unspecified atom stereocenters. The predicted molar refractivity (Wildman–Crippen MR) is 86.5 cm³/mol. The molecule has 0 atom stereocenters. The molecule has 0 aliphatic heterocycles. The molecule has 2 rings (SSSR count). The fraction of sp³-hybridized carbons (Fsp3) is 0.176. The molecule has 0 spiro atoms. The van der Waals surface area contributed by atoms with E-state index >= 15 is 0 Å². The van der Waals surface area contributed by atoms with Gasteiger partial charge in [-0.25, -0.2) is 9.59 Å². The Balaban J connectivity index is 1.74. The molecule has 0 aliphatic carbocycles. The van der Waals surface area contributed by atoms with Gasteiger partial charge in [0.05, 0.1) is 0 Å². The third-order valence-corrected chi connectivity index (χ3v) is 3.19. The zero-order valence-electron chi connectivity index (χ0n) is 12.5. The molecule has 120 valence electrons. The summed E-state index contributed by atoms with van der Waals surface area (Å²) in [5.41, 5.74) is 1.60. The van der Waals surface area contributed by atoms with Crippen LogP contribution < -0.4 is 10.1 Å². The molecule has 0 heterocycles. The molecule has 1 N–H and O–H groups in total. The number of alkyl carbamates (subject to hydrolysis) is 1. The zero-order valence-corrected chi connectivity index (χ0v) is 13.3. The van der Waals surface area contributed by atoms with E-state index in [0.717, 1.165) is 11.1 Å². The van der Waals surface area contributed by atoms with Crippen LogP contribution in [-0.2, 0) is 16.1 Å². The van der Waals surface area contributed by atoms with E-state index in [9.17, 15) is 9.59 Å². The molecule has 0 saturated carbocycles. The highest BCUT2D eigenvalue weighted by atomic mass is 35.5. The summed E-state index contributed by atoms with van der Waals surface area (Å²) in [6.07, 6.45) is -0.682. The molecule has 1 amide bonds. The number of benzene rings is 2. The van der Waals surface area contributed by atoms with E-state index in [4.69, 9.17) is 21.1 Å². The summed E-state index contributed by atoms with van der Waals surface area (Å²) in [5.74, 6) is -0.189. The van der Waals surface area contributed by atoms with Crippen LogP contribution in [0.1, 0.15) is 11.1 Å². The molecule has 0 aliphatic rings. The van der Waals surface area contributed by atoms with E-state index in [1.54, 1.807) is 25.1 Å². The lowest BCUT2D eigenvalue weighted by molar-refractivity contribution is -0.133. The molecular weight excluding hydrogens is 318 g/mol. The lowest BCUT2D eigenvalue weighted by Gasteiger charge is -2.09. The average Bonchev–Trinajstić information content (AvgIpc) is 2.54. The van der Waals surface area contributed by atoms with E-state index in [1.807, 2.05) is 30.3 Å². The molecule has 6 heteroatoms. The highest BCUT2D eigenvalue weighted by Gasteiger charge is 2.10. The number of ether oxygens (including phenoxy) is 2. The Morgan fingerprint density at radius 3 is 2.57 bits per heavy atom. The number of rotatable bonds is 5. The van der Waals surface area contributed by atoms with E-state index < -0.39 is 12.1 Å². The summed E-state index contributed by atoms with van der Waals surface area (Å²) in [5, 5.41) is 2.90. The van der Waals surface area contributed by atoms with Crippen LogP contribution in [0.5, 0.6) is 5.75 Å². The van der Waals surface area contributed by atoms with Crippen LogP contribution in [0.3, 0.4) is 0 Å². The molecular formula is C17H16ClNO4. The van der Waals surface area contributed by atoms with E-state index in [0.29, 0.717) is 10.8 Å². The lowest BCUT2D eigenvalue weighted by Crippen LogP contribution is -2.32. The molecule has 5 nitrogen and oxygen atoms in total. The van der Waals surface area contributed by atoms with Gasteiger partial charge in [0.2, 0.25) is 0 Å². The summed E-state index contributed by atoms with van der Waals surface area (Å²) in [7, 11) is 0. The van der Waals surface area contributed by atoms with Crippen molar-refractivity contribution in [3.8, 4) is 5.75 Å². The highest BCUT2D eigenvalue weighted by molar-refractivity contribution is 6.30. The second-order valence-corrected chi connectivity index (χ2v) is 5.24. The van der Waals surface area contributed by atoms with Crippen molar-refractivity contribution in [2.24, 2.45) is 0 Å². The number of halogens is 1. The Morgan fingerprint density at radius 1 is 1.13 bits per heavy atom. The van der Waals surface area contributed by atoms with Gasteiger partial charge < -0.3 is 14.8 Å². The first-order valence-electron chi connectivity index (χ1n) is 6.96. The number of amides is 1. The Hall–Kier alpha value is -2.53. The SMILES string of the molecule is Cc1cc(Cl)ccc1OC(=O)CNC(=O)OCc1ccccc1. The molecule has 2 aromatic carbocycles. The van der Waals surface area contributed by atoms with Crippen molar-refractivity contribution in [3.05, 3.63) is 64.7 Å². The molecule has 0 radical (unpaired) electrons. The van der Waals surface area contributed by atoms with E-state index in [1.165, 1.54) is 0 Å². The largest absolute Gasteiger partial charge is 0.445 e. The summed E-state index contributed by atoms with van der Waals surface area (Å²) >= 11 is 5.83. The van der Waals surface area contributed by atoms with Crippen molar-refractivity contribution >= 4 is 23.7 Å². The van der Waals surface area contributed by atoms with Gasteiger partial charge in [0, 0.05) is 5.02 Å². The summed E-state index contributed by atoms with van der Waals surface area (Å²) < 4.78 is 10.1. The summed E-state index contributed by atoms with van der Waals surface area (Å²) in [6, 6.07) is 14.2. The second kappa shape index (κ2) is 8.19. The number of carbonyl (C=O) groups is 2. The van der Waals surface area contributed by atoms with Gasteiger partial charge >= 0.3 is 12.1 Å². The van der Waals surface area contributed by atoms with Gasteiger partial charge in [-0.05, 0) is 36.2 Å². The van der Waals surface area contributed by atoms with E-state index in [-0.39, 0.29) is 13.2 Å². The van der Waals surface area contributed by atoms with Crippen LogP contribution in [0.4, 0.5) is 4.79 Å². The maximum absolute atomic E-state index is 11.7. The number of aryl methyl sites for hydroxylation is 1. The van der Waals surface area contributed by atoms with Crippen LogP contribution in [0, 0.1) is 6.92 Å². The molecule has 0 aromatic heterocycles. The van der Waals surface area contributed by atoms with Crippen molar-refractivity contribution in [2.45, 2.75) is 13.5 Å². The highest BCUT2D eigenvalue weighted by Crippen LogP contribution is 2.21.